The van der Waals surface area contributed by atoms with Crippen molar-refractivity contribution < 1.29 is 17.6 Å². The van der Waals surface area contributed by atoms with Gasteiger partial charge in [-0.3, -0.25) is 4.79 Å². The summed E-state index contributed by atoms with van der Waals surface area (Å²) < 4.78 is 43.5. The Hall–Kier alpha value is -4.31. The van der Waals surface area contributed by atoms with E-state index in [0.29, 0.717) is 5.56 Å². The highest BCUT2D eigenvalue weighted by Crippen LogP contribution is 2.24. The highest BCUT2D eigenvalue weighted by molar-refractivity contribution is 7.91. The second kappa shape index (κ2) is 8.56. The van der Waals surface area contributed by atoms with Gasteiger partial charge in [-0.25, -0.2) is 22.5 Å². The average Bonchev–Trinajstić information content (AvgIpc) is 3.54. The first-order chi connectivity index (χ1) is 16.4. The predicted molar refractivity (Wildman–Crippen MR) is 122 cm³/mol. The Kier molecular flexibility index (Phi) is 5.42. The molecule has 0 aliphatic rings. The largest absolute Gasteiger partial charge is 0.348 e. The maximum Gasteiger partial charge on any atom is 0.253 e. The van der Waals surface area contributed by atoms with E-state index in [2.05, 4.69) is 15.4 Å². The number of aromatic nitrogens is 4. The lowest BCUT2D eigenvalue weighted by molar-refractivity contribution is 0.0950. The zero-order valence-electron chi connectivity index (χ0n) is 17.7. The molecule has 0 spiro atoms. The lowest BCUT2D eigenvalue weighted by atomic mass is 10.2. The van der Waals surface area contributed by atoms with Crippen molar-refractivity contribution in [3.05, 3.63) is 109 Å². The minimum Gasteiger partial charge on any atom is -0.348 e. The number of amides is 1. The van der Waals surface area contributed by atoms with Crippen molar-refractivity contribution in [1.29, 1.82) is 0 Å². The Labute approximate surface area is 194 Å². The molecule has 1 N–H and O–H groups in total. The molecule has 0 saturated heterocycles. The number of pyridine rings is 1. The number of carbonyl (C=O) groups is 1. The number of hydrogen-bond donors (Lipinski definition) is 1. The summed E-state index contributed by atoms with van der Waals surface area (Å²) in [6.07, 6.45) is 8.16. The number of nitrogens with one attached hydrogen (secondary N) is 1. The molecule has 0 fully saturated rings. The summed E-state index contributed by atoms with van der Waals surface area (Å²) in [7, 11) is -3.92. The van der Waals surface area contributed by atoms with Crippen LogP contribution in [-0.2, 0) is 16.4 Å². The zero-order chi connectivity index (χ0) is 23.7. The summed E-state index contributed by atoms with van der Waals surface area (Å²) in [5.41, 5.74) is 2.09. The monoisotopic (exact) mass is 475 g/mol. The number of hydrogen-bond acceptors (Lipinski definition) is 5. The Morgan fingerprint density at radius 1 is 0.971 bits per heavy atom. The van der Waals surface area contributed by atoms with Gasteiger partial charge in [-0.05, 0) is 54.1 Å². The van der Waals surface area contributed by atoms with Gasteiger partial charge in [0, 0.05) is 37.5 Å². The van der Waals surface area contributed by atoms with Crippen LogP contribution < -0.4 is 5.32 Å². The van der Waals surface area contributed by atoms with Crippen LogP contribution in [0.15, 0.2) is 101 Å². The van der Waals surface area contributed by atoms with Gasteiger partial charge in [0.05, 0.1) is 15.4 Å². The van der Waals surface area contributed by atoms with Gasteiger partial charge in [-0.1, -0.05) is 12.1 Å². The molecule has 5 aromatic rings. The summed E-state index contributed by atoms with van der Waals surface area (Å²) in [4.78, 5) is 16.5. The van der Waals surface area contributed by atoms with Crippen molar-refractivity contribution in [2.75, 3.05) is 0 Å². The lowest BCUT2D eigenvalue weighted by Crippen LogP contribution is -2.23. The molecule has 0 bridgehead atoms. The van der Waals surface area contributed by atoms with E-state index in [-0.39, 0.29) is 27.9 Å². The standard InChI is InChI=1S/C24H18FN5O3S/c25-21-14-20(7-8-22(21)30-12-1-10-28-30)34(32,33)19-5-2-17(3-6-19)15-27-24(31)18-4-9-23-26-11-13-29(23)16-18/h1-14,16H,15H2,(H,27,31). The Morgan fingerprint density at radius 3 is 2.50 bits per heavy atom. The van der Waals surface area contributed by atoms with Crippen LogP contribution >= 0.6 is 0 Å². The molecule has 8 nitrogen and oxygen atoms in total. The van der Waals surface area contributed by atoms with E-state index in [1.54, 1.807) is 59.5 Å². The number of benzene rings is 2. The van der Waals surface area contributed by atoms with Crippen molar-refractivity contribution in [2.24, 2.45) is 0 Å². The third kappa shape index (κ3) is 4.06. The Balaban J connectivity index is 1.29. The van der Waals surface area contributed by atoms with Gasteiger partial charge in [-0.15, -0.1) is 0 Å². The van der Waals surface area contributed by atoms with Crippen molar-refractivity contribution in [3.8, 4) is 5.69 Å². The number of imidazole rings is 1. The first-order valence-electron chi connectivity index (χ1n) is 10.3. The van der Waals surface area contributed by atoms with Crippen LogP contribution in [0.1, 0.15) is 15.9 Å². The van der Waals surface area contributed by atoms with Crippen LogP contribution in [0.5, 0.6) is 0 Å². The number of halogens is 1. The van der Waals surface area contributed by atoms with E-state index in [9.17, 15) is 17.6 Å². The molecule has 34 heavy (non-hydrogen) atoms. The topological polar surface area (TPSA) is 98.4 Å². The Bertz CT molecular complexity index is 1590. The number of nitrogens with zero attached hydrogens (tertiary/aromatic N) is 4. The molecule has 0 aliphatic heterocycles. The molecule has 0 atom stereocenters. The van der Waals surface area contributed by atoms with Gasteiger partial charge in [0.2, 0.25) is 9.84 Å². The second-order valence-corrected chi connectivity index (χ2v) is 9.45. The van der Waals surface area contributed by atoms with Crippen LogP contribution in [0.3, 0.4) is 0 Å². The highest BCUT2D eigenvalue weighted by Gasteiger charge is 2.20. The van der Waals surface area contributed by atoms with Gasteiger partial charge >= 0.3 is 0 Å². The summed E-state index contributed by atoms with van der Waals surface area (Å²) in [6, 6.07) is 14.9. The van der Waals surface area contributed by atoms with Gasteiger partial charge in [0.15, 0.2) is 0 Å². The average molecular weight is 476 g/mol. The van der Waals surface area contributed by atoms with Crippen LogP contribution in [0.4, 0.5) is 4.39 Å². The fraction of sp³-hybridized carbons (Fsp3) is 0.0417. The normalized spacial score (nSPS) is 11.6. The highest BCUT2D eigenvalue weighted by atomic mass is 32.2. The van der Waals surface area contributed by atoms with Crippen LogP contribution in [-0.4, -0.2) is 33.5 Å². The molecule has 1 amide bonds. The summed E-state index contributed by atoms with van der Waals surface area (Å²) in [5.74, 6) is -0.960. The molecule has 3 aromatic heterocycles. The number of fused-ring (bicyclic) bond motifs is 1. The molecule has 0 saturated carbocycles. The predicted octanol–water partition coefficient (Wildman–Crippen LogP) is 3.42. The van der Waals surface area contributed by atoms with Crippen molar-refractivity contribution in [2.45, 2.75) is 16.3 Å². The third-order valence-electron chi connectivity index (χ3n) is 5.32. The van der Waals surface area contributed by atoms with Crippen LogP contribution in [0, 0.1) is 5.82 Å². The van der Waals surface area contributed by atoms with Gasteiger partial charge in [-0.2, -0.15) is 5.10 Å². The molecular formula is C24H18FN5O3S. The van der Waals surface area contributed by atoms with Gasteiger partial charge < -0.3 is 9.72 Å². The van der Waals surface area contributed by atoms with Crippen molar-refractivity contribution in [1.82, 2.24) is 24.5 Å². The SMILES string of the molecule is O=C(NCc1ccc(S(=O)(=O)c2ccc(-n3cccn3)c(F)c2)cc1)c1ccc2nccn2c1. The molecule has 0 radical (unpaired) electrons. The minimum atomic E-state index is -3.92. The maximum atomic E-state index is 14.5. The quantitative estimate of drug-likeness (QED) is 0.406. The molecule has 170 valence electrons. The third-order valence-corrected chi connectivity index (χ3v) is 7.09. The number of sulfone groups is 1. The zero-order valence-corrected chi connectivity index (χ0v) is 18.5. The van der Waals surface area contributed by atoms with Gasteiger partial charge in [0.25, 0.3) is 5.91 Å². The van der Waals surface area contributed by atoms with Gasteiger partial charge in [0.1, 0.15) is 17.2 Å². The first-order valence-corrected chi connectivity index (χ1v) is 11.7. The molecule has 2 aromatic carbocycles. The molecular weight excluding hydrogens is 457 g/mol. The first kappa shape index (κ1) is 21.5. The van der Waals surface area contributed by atoms with Crippen LogP contribution in [0.25, 0.3) is 11.3 Å². The molecule has 10 heteroatoms. The number of carbonyl (C=O) groups excluding carboxylic acids is 1. The van der Waals surface area contributed by atoms with E-state index in [4.69, 9.17) is 0 Å². The molecule has 5 rings (SSSR count). The van der Waals surface area contributed by atoms with E-state index >= 15 is 0 Å². The second-order valence-electron chi connectivity index (χ2n) is 7.50. The summed E-state index contributed by atoms with van der Waals surface area (Å²) in [6.45, 7) is 0.217. The van der Waals surface area contributed by atoms with E-state index in [1.165, 1.54) is 35.1 Å². The number of rotatable bonds is 6. The summed E-state index contributed by atoms with van der Waals surface area (Å²) >= 11 is 0. The lowest BCUT2D eigenvalue weighted by Gasteiger charge is -2.09. The minimum absolute atomic E-state index is 0.0272. The summed E-state index contributed by atoms with van der Waals surface area (Å²) in [5, 5.41) is 6.77. The Morgan fingerprint density at radius 2 is 1.76 bits per heavy atom. The van der Waals surface area contributed by atoms with Crippen LogP contribution in [0.2, 0.25) is 0 Å². The molecule has 0 unspecified atom stereocenters. The fourth-order valence-corrected chi connectivity index (χ4v) is 4.79. The van der Waals surface area contributed by atoms with E-state index in [0.717, 1.165) is 17.3 Å². The van der Waals surface area contributed by atoms with E-state index < -0.39 is 15.7 Å². The maximum absolute atomic E-state index is 14.5. The smallest absolute Gasteiger partial charge is 0.253 e. The molecule has 0 aliphatic carbocycles. The fourth-order valence-electron chi connectivity index (χ4n) is 3.51. The van der Waals surface area contributed by atoms with Crippen molar-refractivity contribution >= 4 is 21.4 Å². The van der Waals surface area contributed by atoms with E-state index in [1.807, 2.05) is 0 Å². The van der Waals surface area contributed by atoms with Crippen molar-refractivity contribution in [3.63, 3.8) is 0 Å². The molecule has 3 heterocycles.